The van der Waals surface area contributed by atoms with E-state index in [9.17, 15) is 23.2 Å². The van der Waals surface area contributed by atoms with Gasteiger partial charge in [-0.2, -0.15) is 18.4 Å². The van der Waals surface area contributed by atoms with Crippen LogP contribution in [0.15, 0.2) is 18.2 Å². The van der Waals surface area contributed by atoms with E-state index in [1.807, 2.05) is 25.1 Å². The van der Waals surface area contributed by atoms with Gasteiger partial charge >= 0.3 is 6.18 Å². The average Bonchev–Trinajstić information content (AvgIpc) is 3.31. The molecule has 0 aliphatic carbocycles. The minimum atomic E-state index is -4.58. The van der Waals surface area contributed by atoms with Gasteiger partial charge in [0.05, 0.1) is 41.5 Å². The summed E-state index contributed by atoms with van der Waals surface area (Å²) in [5.74, 6) is -0.714. The van der Waals surface area contributed by atoms with Crippen LogP contribution in [0.3, 0.4) is 0 Å². The number of carbonyl (C=O) groups is 1. The minimum absolute atomic E-state index is 0.00118. The van der Waals surface area contributed by atoms with Crippen LogP contribution in [0.1, 0.15) is 36.3 Å². The first-order chi connectivity index (χ1) is 17.6. The predicted octanol–water partition coefficient (Wildman–Crippen LogP) is 3.54. The third kappa shape index (κ3) is 4.22. The Kier molecular flexibility index (Phi) is 6.17. The third-order valence-electron chi connectivity index (χ3n) is 7.32. The number of aryl methyl sites for hydroxylation is 1. The number of pyridine rings is 1. The molecule has 2 atom stereocenters. The number of anilines is 1. The van der Waals surface area contributed by atoms with Crippen molar-refractivity contribution < 1.29 is 22.7 Å². The van der Waals surface area contributed by atoms with E-state index in [2.05, 4.69) is 26.2 Å². The number of carbonyl (C=O) groups excluding carboxylic acids is 1. The second-order valence-corrected chi connectivity index (χ2v) is 9.55. The molecule has 4 heterocycles. The summed E-state index contributed by atoms with van der Waals surface area (Å²) in [7, 11) is 1.58. The highest BCUT2D eigenvalue weighted by Crippen LogP contribution is 2.40. The number of fused-ring (bicyclic) bond motifs is 2. The molecule has 0 spiro atoms. The first-order valence-corrected chi connectivity index (χ1v) is 12.0. The molecular weight excluding hydrogens is 487 g/mol. The summed E-state index contributed by atoms with van der Waals surface area (Å²) < 4.78 is 46.1. The van der Waals surface area contributed by atoms with Crippen molar-refractivity contribution in [3.63, 3.8) is 0 Å². The van der Waals surface area contributed by atoms with Gasteiger partial charge in [-0.1, -0.05) is 13.0 Å². The maximum absolute atomic E-state index is 13.5. The Balaban J connectivity index is 1.38. The molecule has 0 radical (unpaired) electrons. The third-order valence-corrected chi connectivity index (χ3v) is 7.32. The Labute approximate surface area is 211 Å². The summed E-state index contributed by atoms with van der Waals surface area (Å²) in [6, 6.07) is 7.87. The molecule has 3 aromatic rings. The summed E-state index contributed by atoms with van der Waals surface area (Å²) in [6.07, 6.45) is -4.04. The molecule has 2 aliphatic heterocycles. The molecule has 37 heavy (non-hydrogen) atoms. The zero-order valence-electron chi connectivity index (χ0n) is 20.7. The Morgan fingerprint density at radius 2 is 2.00 bits per heavy atom. The number of hydrogen-bond acceptors (Lipinski definition) is 7. The van der Waals surface area contributed by atoms with Gasteiger partial charge in [-0.25, -0.2) is 0 Å². The van der Waals surface area contributed by atoms with Crippen molar-refractivity contribution in [3.8, 4) is 11.8 Å². The van der Waals surface area contributed by atoms with Crippen molar-refractivity contribution in [1.29, 1.82) is 5.26 Å². The summed E-state index contributed by atoms with van der Waals surface area (Å²) in [5.41, 5.74) is 2.59. The highest BCUT2D eigenvalue weighted by Gasteiger charge is 2.41. The fourth-order valence-corrected chi connectivity index (χ4v) is 5.51. The number of piperidine rings is 1. The molecular formula is C25H26F3N7O2. The summed E-state index contributed by atoms with van der Waals surface area (Å²) in [4.78, 5) is 21.8. The van der Waals surface area contributed by atoms with Crippen LogP contribution in [0, 0.1) is 30.1 Å². The van der Waals surface area contributed by atoms with Gasteiger partial charge < -0.3 is 19.1 Å². The van der Waals surface area contributed by atoms with E-state index in [4.69, 9.17) is 4.74 Å². The summed E-state index contributed by atoms with van der Waals surface area (Å²) in [5, 5.41) is 17.7. The second kappa shape index (κ2) is 9.21. The molecule has 1 fully saturated rings. The summed E-state index contributed by atoms with van der Waals surface area (Å²) >= 11 is 0. The van der Waals surface area contributed by atoms with Crippen LogP contribution >= 0.6 is 0 Å². The van der Waals surface area contributed by atoms with E-state index in [-0.39, 0.29) is 43.2 Å². The van der Waals surface area contributed by atoms with Gasteiger partial charge in [0, 0.05) is 32.1 Å². The van der Waals surface area contributed by atoms with Gasteiger partial charge in [0.15, 0.2) is 5.82 Å². The lowest BCUT2D eigenvalue weighted by Crippen LogP contribution is -2.49. The number of alkyl halides is 3. The summed E-state index contributed by atoms with van der Waals surface area (Å²) in [6.45, 7) is 5.03. The van der Waals surface area contributed by atoms with Crippen molar-refractivity contribution in [3.05, 3.63) is 41.1 Å². The maximum Gasteiger partial charge on any atom is 0.451 e. The Morgan fingerprint density at radius 3 is 2.68 bits per heavy atom. The molecule has 12 heteroatoms. The smallest absolute Gasteiger partial charge is 0.451 e. The molecule has 5 rings (SSSR count). The van der Waals surface area contributed by atoms with Crippen molar-refractivity contribution in [1.82, 2.24) is 24.6 Å². The number of hydrogen-bond donors (Lipinski definition) is 0. The molecule has 1 saturated heterocycles. The fraction of sp³-hybridized carbons (Fsp3) is 0.480. The Morgan fingerprint density at radius 1 is 1.22 bits per heavy atom. The van der Waals surface area contributed by atoms with Gasteiger partial charge in [-0.05, 0) is 31.4 Å². The number of amides is 1. The van der Waals surface area contributed by atoms with Crippen molar-refractivity contribution in [2.45, 2.75) is 39.5 Å². The number of benzene rings is 1. The van der Waals surface area contributed by atoms with E-state index < -0.39 is 12.0 Å². The van der Waals surface area contributed by atoms with Gasteiger partial charge in [-0.3, -0.25) is 9.78 Å². The lowest BCUT2D eigenvalue weighted by atomic mass is 9.84. The van der Waals surface area contributed by atoms with Crippen LogP contribution in [0.4, 0.5) is 18.9 Å². The maximum atomic E-state index is 13.5. The van der Waals surface area contributed by atoms with E-state index >= 15 is 0 Å². The van der Waals surface area contributed by atoms with E-state index in [1.54, 1.807) is 18.9 Å². The molecule has 1 aromatic carbocycles. The van der Waals surface area contributed by atoms with Gasteiger partial charge in [-0.15, -0.1) is 10.2 Å². The molecule has 2 aliphatic rings. The number of rotatable bonds is 3. The SMILES string of the molecule is COc1cccc2nc(C)c(C#N)c(N3CC[C@H](C(=O)N4CCn5c(nnc5C(F)(F)F)C4)[C@H](C)C3)c12. The molecule has 9 nitrogen and oxygen atoms in total. The van der Waals surface area contributed by atoms with Crippen LogP contribution in [-0.4, -0.2) is 57.3 Å². The normalized spacial score (nSPS) is 20.0. The molecule has 0 saturated carbocycles. The number of ether oxygens (including phenoxy) is 1. The first kappa shape index (κ1) is 24.8. The van der Waals surface area contributed by atoms with Crippen molar-refractivity contribution in [2.75, 3.05) is 31.6 Å². The van der Waals surface area contributed by atoms with E-state index in [0.29, 0.717) is 36.5 Å². The van der Waals surface area contributed by atoms with Crippen LogP contribution in [-0.2, 0) is 24.1 Å². The average molecular weight is 514 g/mol. The fourth-order valence-electron chi connectivity index (χ4n) is 5.51. The van der Waals surface area contributed by atoms with Crippen molar-refractivity contribution >= 4 is 22.5 Å². The first-order valence-electron chi connectivity index (χ1n) is 12.0. The molecule has 2 aromatic heterocycles. The molecule has 0 unspecified atom stereocenters. The van der Waals surface area contributed by atoms with Crippen LogP contribution in [0.5, 0.6) is 5.75 Å². The zero-order chi connectivity index (χ0) is 26.5. The zero-order valence-corrected chi connectivity index (χ0v) is 20.7. The van der Waals surface area contributed by atoms with Gasteiger partial charge in [0.25, 0.3) is 0 Å². The molecule has 0 N–H and O–H groups in total. The Hall–Kier alpha value is -3.88. The lowest BCUT2D eigenvalue weighted by Gasteiger charge is -2.41. The second-order valence-electron chi connectivity index (χ2n) is 9.55. The number of methoxy groups -OCH3 is 1. The minimum Gasteiger partial charge on any atom is -0.496 e. The molecule has 0 bridgehead atoms. The lowest BCUT2D eigenvalue weighted by molar-refractivity contribution is -0.148. The van der Waals surface area contributed by atoms with Gasteiger partial charge in [0.1, 0.15) is 11.8 Å². The molecule has 194 valence electrons. The molecule has 1 amide bonds. The standard InChI is InChI=1S/C25H26F3N7O2/c1-14-12-33(22-17(11-29)15(2)30-18-5-4-6-19(37-3)21(18)22)8-7-16(14)23(36)34-9-10-35-20(13-34)31-32-24(35)25(26,27)28/h4-6,14,16H,7-10,12-13H2,1-3H3/t14-,16+/m1/s1. The highest BCUT2D eigenvalue weighted by atomic mass is 19.4. The highest BCUT2D eigenvalue weighted by molar-refractivity contribution is 6.00. The monoisotopic (exact) mass is 513 g/mol. The number of nitrogens with zero attached hydrogens (tertiary/aromatic N) is 7. The van der Waals surface area contributed by atoms with Crippen LogP contribution < -0.4 is 9.64 Å². The van der Waals surface area contributed by atoms with Crippen LogP contribution in [0.25, 0.3) is 10.9 Å². The predicted molar refractivity (Wildman–Crippen MR) is 128 cm³/mol. The van der Waals surface area contributed by atoms with Gasteiger partial charge in [0.2, 0.25) is 11.7 Å². The van der Waals surface area contributed by atoms with Crippen molar-refractivity contribution in [2.24, 2.45) is 11.8 Å². The van der Waals surface area contributed by atoms with E-state index in [0.717, 1.165) is 21.2 Å². The Bertz CT molecular complexity index is 1410. The van der Waals surface area contributed by atoms with E-state index in [1.165, 1.54) is 0 Å². The quantitative estimate of drug-likeness (QED) is 0.528. The largest absolute Gasteiger partial charge is 0.496 e. The number of nitriles is 1. The number of halogens is 3. The van der Waals surface area contributed by atoms with Crippen LogP contribution in [0.2, 0.25) is 0 Å². The topological polar surface area (TPSA) is 100 Å². The number of aromatic nitrogens is 4.